The number of hydrogen-bond donors (Lipinski definition) is 0. The summed E-state index contributed by atoms with van der Waals surface area (Å²) >= 11 is 11.8. The molecule has 0 amide bonds. The Morgan fingerprint density at radius 1 is 1.27 bits per heavy atom. The van der Waals surface area contributed by atoms with Crippen LogP contribution in [0, 0.1) is 0 Å². The van der Waals surface area contributed by atoms with Crippen molar-refractivity contribution >= 4 is 34.1 Å². The standard InChI is InChI=1S/C11H9Cl2NO/c1-15-6-7-4-11(13)14-10-5-8(12)2-3-9(7)10/h2-5H,6H2,1H3. The van der Waals surface area contributed by atoms with Gasteiger partial charge in [0.1, 0.15) is 5.15 Å². The van der Waals surface area contributed by atoms with Crippen LogP contribution in [0.15, 0.2) is 24.3 Å². The van der Waals surface area contributed by atoms with E-state index in [0.717, 1.165) is 16.5 Å². The molecule has 4 heteroatoms. The zero-order chi connectivity index (χ0) is 10.8. The number of methoxy groups -OCH3 is 1. The van der Waals surface area contributed by atoms with E-state index in [9.17, 15) is 0 Å². The molecular formula is C11H9Cl2NO. The highest BCUT2D eigenvalue weighted by Gasteiger charge is 2.05. The SMILES string of the molecule is COCc1cc(Cl)nc2cc(Cl)ccc12. The van der Waals surface area contributed by atoms with E-state index >= 15 is 0 Å². The Balaban J connectivity index is 2.68. The van der Waals surface area contributed by atoms with Crippen LogP contribution in [0.1, 0.15) is 5.56 Å². The van der Waals surface area contributed by atoms with Crippen LogP contribution in [0.5, 0.6) is 0 Å². The van der Waals surface area contributed by atoms with Crippen LogP contribution in [0.4, 0.5) is 0 Å². The van der Waals surface area contributed by atoms with E-state index in [1.807, 2.05) is 12.1 Å². The molecule has 78 valence electrons. The molecule has 0 fully saturated rings. The van der Waals surface area contributed by atoms with Crippen LogP contribution in [-0.4, -0.2) is 12.1 Å². The number of pyridine rings is 1. The number of rotatable bonds is 2. The molecule has 2 nitrogen and oxygen atoms in total. The average Bonchev–Trinajstić information content (AvgIpc) is 2.17. The summed E-state index contributed by atoms with van der Waals surface area (Å²) in [6, 6.07) is 7.36. The van der Waals surface area contributed by atoms with Gasteiger partial charge in [0.05, 0.1) is 12.1 Å². The lowest BCUT2D eigenvalue weighted by Gasteiger charge is -2.06. The normalized spacial score (nSPS) is 10.9. The minimum Gasteiger partial charge on any atom is -0.380 e. The Bertz CT molecular complexity index is 494. The van der Waals surface area contributed by atoms with Crippen molar-refractivity contribution in [1.82, 2.24) is 4.98 Å². The minimum absolute atomic E-state index is 0.455. The van der Waals surface area contributed by atoms with Crippen LogP contribution < -0.4 is 0 Å². The summed E-state index contributed by atoms with van der Waals surface area (Å²) in [4.78, 5) is 4.20. The molecule has 0 saturated heterocycles. The summed E-state index contributed by atoms with van der Waals surface area (Å²) in [5, 5.41) is 2.13. The maximum absolute atomic E-state index is 5.90. The number of benzene rings is 1. The van der Waals surface area contributed by atoms with Crippen LogP contribution in [0.25, 0.3) is 10.9 Å². The lowest BCUT2D eigenvalue weighted by molar-refractivity contribution is 0.186. The maximum atomic E-state index is 5.90. The highest BCUT2D eigenvalue weighted by Crippen LogP contribution is 2.24. The van der Waals surface area contributed by atoms with Crippen molar-refractivity contribution in [1.29, 1.82) is 0 Å². The Morgan fingerprint density at radius 2 is 2.07 bits per heavy atom. The van der Waals surface area contributed by atoms with Crippen molar-refractivity contribution < 1.29 is 4.74 Å². The van der Waals surface area contributed by atoms with Crippen molar-refractivity contribution in [2.24, 2.45) is 0 Å². The van der Waals surface area contributed by atoms with Gasteiger partial charge >= 0.3 is 0 Å². The van der Waals surface area contributed by atoms with E-state index < -0.39 is 0 Å². The first-order valence-corrected chi connectivity index (χ1v) is 5.20. The minimum atomic E-state index is 0.455. The van der Waals surface area contributed by atoms with Crippen molar-refractivity contribution in [3.05, 3.63) is 40.0 Å². The van der Waals surface area contributed by atoms with E-state index in [-0.39, 0.29) is 0 Å². The van der Waals surface area contributed by atoms with Crippen LogP contribution >= 0.6 is 23.2 Å². The molecule has 0 radical (unpaired) electrons. The topological polar surface area (TPSA) is 22.1 Å². The second-order valence-corrected chi connectivity index (χ2v) is 4.02. The third kappa shape index (κ3) is 2.23. The summed E-state index contributed by atoms with van der Waals surface area (Å²) in [7, 11) is 1.65. The fourth-order valence-electron chi connectivity index (χ4n) is 1.51. The van der Waals surface area contributed by atoms with Gasteiger partial charge in [0.25, 0.3) is 0 Å². The molecule has 1 aromatic carbocycles. The van der Waals surface area contributed by atoms with E-state index in [0.29, 0.717) is 16.8 Å². The van der Waals surface area contributed by atoms with Crippen molar-refractivity contribution in [2.75, 3.05) is 7.11 Å². The van der Waals surface area contributed by atoms with Gasteiger partial charge in [-0.05, 0) is 23.8 Å². The van der Waals surface area contributed by atoms with Gasteiger partial charge in [-0.15, -0.1) is 0 Å². The molecule has 0 bridgehead atoms. The Labute approximate surface area is 97.8 Å². The molecule has 0 saturated carbocycles. The molecule has 1 aromatic heterocycles. The van der Waals surface area contributed by atoms with Gasteiger partial charge in [-0.2, -0.15) is 0 Å². The second-order valence-electron chi connectivity index (χ2n) is 3.20. The monoisotopic (exact) mass is 241 g/mol. The molecule has 1 heterocycles. The second kappa shape index (κ2) is 4.35. The lowest BCUT2D eigenvalue weighted by Crippen LogP contribution is -1.92. The van der Waals surface area contributed by atoms with E-state index in [1.165, 1.54) is 0 Å². The van der Waals surface area contributed by atoms with Crippen LogP contribution in [-0.2, 0) is 11.3 Å². The molecule has 0 aliphatic heterocycles. The quantitative estimate of drug-likeness (QED) is 0.749. The fraction of sp³-hybridized carbons (Fsp3) is 0.182. The Hall–Kier alpha value is -0.830. The molecule has 2 aromatic rings. The molecular weight excluding hydrogens is 233 g/mol. The van der Waals surface area contributed by atoms with Gasteiger partial charge in [0.15, 0.2) is 0 Å². The molecule has 0 aliphatic carbocycles. The lowest BCUT2D eigenvalue weighted by atomic mass is 10.1. The largest absolute Gasteiger partial charge is 0.380 e. The van der Waals surface area contributed by atoms with Crippen molar-refractivity contribution in [3.63, 3.8) is 0 Å². The van der Waals surface area contributed by atoms with Gasteiger partial charge in [-0.3, -0.25) is 0 Å². The van der Waals surface area contributed by atoms with Crippen molar-refractivity contribution in [3.8, 4) is 0 Å². The number of halogens is 2. The molecule has 0 unspecified atom stereocenters. The highest BCUT2D eigenvalue weighted by molar-refractivity contribution is 6.31. The number of ether oxygens (including phenoxy) is 1. The van der Waals surface area contributed by atoms with Gasteiger partial charge in [-0.25, -0.2) is 4.98 Å². The highest BCUT2D eigenvalue weighted by atomic mass is 35.5. The molecule has 0 aliphatic rings. The molecule has 15 heavy (non-hydrogen) atoms. The number of nitrogens with zero attached hydrogens (tertiary/aromatic N) is 1. The third-order valence-corrected chi connectivity index (χ3v) is 2.55. The zero-order valence-corrected chi connectivity index (χ0v) is 9.64. The number of fused-ring (bicyclic) bond motifs is 1. The maximum Gasteiger partial charge on any atom is 0.130 e. The molecule has 0 spiro atoms. The first-order chi connectivity index (χ1) is 7.20. The predicted octanol–water partition coefficient (Wildman–Crippen LogP) is 3.69. The first-order valence-electron chi connectivity index (χ1n) is 4.44. The summed E-state index contributed by atoms with van der Waals surface area (Å²) in [5.41, 5.74) is 1.81. The third-order valence-electron chi connectivity index (χ3n) is 2.13. The van der Waals surface area contributed by atoms with Gasteiger partial charge in [-0.1, -0.05) is 29.3 Å². The van der Waals surface area contributed by atoms with Gasteiger partial charge < -0.3 is 4.74 Å². The van der Waals surface area contributed by atoms with E-state index in [1.54, 1.807) is 19.2 Å². The Morgan fingerprint density at radius 3 is 2.80 bits per heavy atom. The molecule has 2 rings (SSSR count). The van der Waals surface area contributed by atoms with Crippen LogP contribution in [0.3, 0.4) is 0 Å². The summed E-state index contributed by atoms with van der Waals surface area (Å²) in [6.07, 6.45) is 0. The summed E-state index contributed by atoms with van der Waals surface area (Å²) < 4.78 is 5.10. The molecule has 0 atom stereocenters. The smallest absolute Gasteiger partial charge is 0.130 e. The van der Waals surface area contributed by atoms with Crippen LogP contribution in [0.2, 0.25) is 10.2 Å². The first kappa shape index (κ1) is 10.7. The fourth-order valence-corrected chi connectivity index (χ4v) is 1.90. The number of hydrogen-bond acceptors (Lipinski definition) is 2. The van der Waals surface area contributed by atoms with E-state index in [4.69, 9.17) is 27.9 Å². The zero-order valence-electron chi connectivity index (χ0n) is 8.13. The van der Waals surface area contributed by atoms with Crippen molar-refractivity contribution in [2.45, 2.75) is 6.61 Å². The molecule has 0 N–H and O–H groups in total. The van der Waals surface area contributed by atoms with E-state index in [2.05, 4.69) is 4.98 Å². The number of aromatic nitrogens is 1. The average molecular weight is 242 g/mol. The van der Waals surface area contributed by atoms with Gasteiger partial charge in [0.2, 0.25) is 0 Å². The summed E-state index contributed by atoms with van der Waals surface area (Å²) in [6.45, 7) is 0.514. The predicted molar refractivity (Wildman–Crippen MR) is 62.5 cm³/mol. The van der Waals surface area contributed by atoms with Gasteiger partial charge in [0, 0.05) is 17.5 Å². The summed E-state index contributed by atoms with van der Waals surface area (Å²) in [5.74, 6) is 0. The Kier molecular flexibility index (Phi) is 3.10.